The van der Waals surface area contributed by atoms with Gasteiger partial charge in [0.2, 0.25) is 0 Å². The molecule has 3 aromatic rings. The number of H-pyrrole nitrogens is 1. The van der Waals surface area contributed by atoms with E-state index in [4.69, 9.17) is 4.98 Å². The lowest BCUT2D eigenvalue weighted by atomic mass is 10.1. The molecule has 3 nitrogen and oxygen atoms in total. The van der Waals surface area contributed by atoms with Crippen molar-refractivity contribution >= 4 is 17.5 Å². The first-order valence-electron chi connectivity index (χ1n) is 8.57. The summed E-state index contributed by atoms with van der Waals surface area (Å²) in [6.45, 7) is 1.65. The molecule has 3 rings (SSSR count). The fourth-order valence-corrected chi connectivity index (χ4v) is 3.56. The number of aromatic amines is 1. The van der Waals surface area contributed by atoms with Crippen molar-refractivity contribution in [2.45, 2.75) is 31.3 Å². The van der Waals surface area contributed by atoms with Crippen molar-refractivity contribution in [3.8, 4) is 22.5 Å². The first-order valence-corrected chi connectivity index (χ1v) is 9.55. The van der Waals surface area contributed by atoms with Gasteiger partial charge in [0.1, 0.15) is 5.78 Å². The number of nitrogens with zero attached hydrogens (tertiary/aromatic N) is 1. The largest absolute Gasteiger partial charge is 0.332 e. The SMILES string of the molecule is CC(=O)CCCCSc1nc(-c2ccccc2)c(-c2ccccc2)[nH]1. The lowest BCUT2D eigenvalue weighted by Crippen LogP contribution is -1.90. The minimum absolute atomic E-state index is 0.265. The highest BCUT2D eigenvalue weighted by Gasteiger charge is 2.14. The number of unbranched alkanes of at least 4 members (excludes halogenated alkanes) is 1. The molecule has 4 heteroatoms. The van der Waals surface area contributed by atoms with Crippen molar-refractivity contribution in [2.75, 3.05) is 5.75 Å². The second kappa shape index (κ2) is 8.67. The van der Waals surface area contributed by atoms with Crippen LogP contribution in [-0.4, -0.2) is 21.5 Å². The molecule has 0 amide bonds. The molecule has 0 saturated heterocycles. The summed E-state index contributed by atoms with van der Waals surface area (Å²) in [5, 5.41) is 0.931. The second-order valence-corrected chi connectivity index (χ2v) is 7.09. The molecule has 0 unspecified atom stereocenters. The van der Waals surface area contributed by atoms with E-state index >= 15 is 0 Å². The molecule has 1 aromatic heterocycles. The summed E-state index contributed by atoms with van der Waals surface area (Å²) in [5.41, 5.74) is 4.29. The molecular formula is C21H22N2OS. The number of hydrogen-bond acceptors (Lipinski definition) is 3. The van der Waals surface area contributed by atoms with Crippen LogP contribution >= 0.6 is 11.8 Å². The highest BCUT2D eigenvalue weighted by Crippen LogP contribution is 2.32. The third kappa shape index (κ3) is 4.83. The molecule has 0 aliphatic rings. The topological polar surface area (TPSA) is 45.8 Å². The number of hydrogen-bond donors (Lipinski definition) is 1. The van der Waals surface area contributed by atoms with E-state index in [1.165, 1.54) is 0 Å². The van der Waals surface area contributed by atoms with Gasteiger partial charge in [-0.1, -0.05) is 72.4 Å². The number of Topliss-reactive ketones (excluding diaryl/α,β-unsaturated/α-hetero) is 1. The Morgan fingerprint density at radius 1 is 0.960 bits per heavy atom. The maximum Gasteiger partial charge on any atom is 0.166 e. The van der Waals surface area contributed by atoms with Crippen LogP contribution < -0.4 is 0 Å². The second-order valence-electron chi connectivity index (χ2n) is 6.01. The van der Waals surface area contributed by atoms with Gasteiger partial charge in [-0.3, -0.25) is 0 Å². The molecule has 0 fully saturated rings. The molecule has 0 aliphatic carbocycles. The molecule has 0 saturated carbocycles. The maximum atomic E-state index is 11.0. The van der Waals surface area contributed by atoms with Crippen molar-refractivity contribution in [1.82, 2.24) is 9.97 Å². The van der Waals surface area contributed by atoms with Crippen LogP contribution in [0.5, 0.6) is 0 Å². The van der Waals surface area contributed by atoms with E-state index < -0.39 is 0 Å². The van der Waals surface area contributed by atoms with Gasteiger partial charge in [0.25, 0.3) is 0 Å². The molecule has 0 spiro atoms. The van der Waals surface area contributed by atoms with Crippen LogP contribution in [0.2, 0.25) is 0 Å². The summed E-state index contributed by atoms with van der Waals surface area (Å²) >= 11 is 1.72. The minimum Gasteiger partial charge on any atom is -0.332 e. The summed E-state index contributed by atoms with van der Waals surface area (Å²) in [4.78, 5) is 19.3. The van der Waals surface area contributed by atoms with Gasteiger partial charge < -0.3 is 9.78 Å². The van der Waals surface area contributed by atoms with E-state index in [9.17, 15) is 4.79 Å². The summed E-state index contributed by atoms with van der Waals surface area (Å²) in [7, 11) is 0. The maximum absolute atomic E-state index is 11.0. The first-order chi connectivity index (χ1) is 12.2. The number of benzene rings is 2. The molecule has 128 valence electrons. The molecule has 25 heavy (non-hydrogen) atoms. The van der Waals surface area contributed by atoms with Crippen LogP contribution in [0.4, 0.5) is 0 Å². The zero-order valence-corrected chi connectivity index (χ0v) is 15.2. The quantitative estimate of drug-likeness (QED) is 0.425. The lowest BCUT2D eigenvalue weighted by molar-refractivity contribution is -0.117. The molecule has 0 atom stereocenters. The number of aromatic nitrogens is 2. The number of carbonyl (C=O) groups excluding carboxylic acids is 1. The fourth-order valence-electron chi connectivity index (χ4n) is 2.68. The average Bonchev–Trinajstić information content (AvgIpc) is 3.07. The van der Waals surface area contributed by atoms with Gasteiger partial charge in [-0.2, -0.15) is 0 Å². The molecular weight excluding hydrogens is 328 g/mol. The zero-order chi connectivity index (χ0) is 17.5. The number of rotatable bonds is 8. The van der Waals surface area contributed by atoms with E-state index in [0.717, 1.165) is 46.3 Å². The van der Waals surface area contributed by atoms with Crippen molar-refractivity contribution < 1.29 is 4.79 Å². The van der Waals surface area contributed by atoms with Crippen LogP contribution in [0, 0.1) is 0 Å². The normalized spacial score (nSPS) is 10.8. The molecule has 0 radical (unpaired) electrons. The lowest BCUT2D eigenvalue weighted by Gasteiger charge is -2.02. The Labute approximate surface area is 152 Å². The molecule has 1 heterocycles. The third-order valence-electron chi connectivity index (χ3n) is 3.95. The summed E-state index contributed by atoms with van der Waals surface area (Å²) in [6.07, 6.45) is 2.63. The predicted octanol–water partition coefficient (Wildman–Crippen LogP) is 5.60. The number of thioether (sulfide) groups is 1. The fraction of sp³-hybridized carbons (Fsp3) is 0.238. The van der Waals surface area contributed by atoms with E-state index in [2.05, 4.69) is 29.2 Å². The average molecular weight is 350 g/mol. The molecule has 2 aromatic carbocycles. The van der Waals surface area contributed by atoms with Crippen molar-refractivity contribution in [2.24, 2.45) is 0 Å². The highest BCUT2D eigenvalue weighted by atomic mass is 32.2. The van der Waals surface area contributed by atoms with Crippen LogP contribution in [-0.2, 0) is 4.79 Å². The van der Waals surface area contributed by atoms with Crippen molar-refractivity contribution in [3.05, 3.63) is 60.7 Å². The van der Waals surface area contributed by atoms with E-state index in [1.807, 2.05) is 36.4 Å². The van der Waals surface area contributed by atoms with Crippen LogP contribution in [0.15, 0.2) is 65.8 Å². The first kappa shape index (κ1) is 17.5. The predicted molar refractivity (Wildman–Crippen MR) is 105 cm³/mol. The van der Waals surface area contributed by atoms with E-state index in [1.54, 1.807) is 18.7 Å². The van der Waals surface area contributed by atoms with Crippen molar-refractivity contribution in [1.29, 1.82) is 0 Å². The minimum atomic E-state index is 0.265. The standard InChI is InChI=1S/C21H22N2OS/c1-16(24)10-8-9-15-25-21-22-19(17-11-4-2-5-12-17)20(23-21)18-13-6-3-7-14-18/h2-7,11-14H,8-10,15H2,1H3,(H,22,23). The molecule has 1 N–H and O–H groups in total. The van der Waals surface area contributed by atoms with Gasteiger partial charge in [-0.25, -0.2) is 4.98 Å². The number of carbonyl (C=O) groups is 1. The van der Waals surface area contributed by atoms with Crippen LogP contribution in [0.25, 0.3) is 22.5 Å². The summed E-state index contributed by atoms with van der Waals surface area (Å²) < 4.78 is 0. The van der Waals surface area contributed by atoms with Crippen LogP contribution in [0.1, 0.15) is 26.2 Å². The zero-order valence-electron chi connectivity index (χ0n) is 14.4. The Morgan fingerprint density at radius 2 is 1.60 bits per heavy atom. The van der Waals surface area contributed by atoms with Crippen molar-refractivity contribution in [3.63, 3.8) is 0 Å². The monoisotopic (exact) mass is 350 g/mol. The van der Waals surface area contributed by atoms with E-state index in [-0.39, 0.29) is 5.78 Å². The Morgan fingerprint density at radius 3 is 2.24 bits per heavy atom. The van der Waals surface area contributed by atoms with Crippen LogP contribution in [0.3, 0.4) is 0 Å². The Kier molecular flexibility index (Phi) is 6.07. The summed E-state index contributed by atoms with van der Waals surface area (Å²) in [5.74, 6) is 1.23. The molecule has 0 aliphatic heterocycles. The van der Waals surface area contributed by atoms with Gasteiger partial charge >= 0.3 is 0 Å². The third-order valence-corrected chi connectivity index (χ3v) is 4.91. The van der Waals surface area contributed by atoms with Gasteiger partial charge in [-0.05, 0) is 19.8 Å². The number of nitrogens with one attached hydrogen (secondary N) is 1. The smallest absolute Gasteiger partial charge is 0.166 e. The van der Waals surface area contributed by atoms with Gasteiger partial charge in [-0.15, -0.1) is 0 Å². The Hall–Kier alpha value is -2.33. The molecule has 0 bridgehead atoms. The number of ketones is 1. The summed E-state index contributed by atoms with van der Waals surface area (Å²) in [6, 6.07) is 20.6. The van der Waals surface area contributed by atoms with Gasteiger partial charge in [0, 0.05) is 23.3 Å². The highest BCUT2D eigenvalue weighted by molar-refractivity contribution is 7.99. The Bertz CT molecular complexity index is 755. The van der Waals surface area contributed by atoms with E-state index in [0.29, 0.717) is 6.42 Å². The Balaban J connectivity index is 1.79. The van der Waals surface area contributed by atoms with Gasteiger partial charge in [0.15, 0.2) is 5.16 Å². The van der Waals surface area contributed by atoms with Gasteiger partial charge in [0.05, 0.1) is 11.4 Å². The number of imidazole rings is 1.